The highest BCUT2D eigenvalue weighted by Gasteiger charge is 2.23. The molecule has 0 radical (unpaired) electrons. The first-order valence-corrected chi connectivity index (χ1v) is 9.65. The van der Waals surface area contributed by atoms with E-state index in [4.69, 9.17) is 11.6 Å². The number of hydrogen-bond donors (Lipinski definition) is 0. The molecule has 3 aromatic rings. The van der Waals surface area contributed by atoms with Crippen LogP contribution < -0.4 is 4.90 Å². The Morgan fingerprint density at radius 1 is 1.15 bits per heavy atom. The Morgan fingerprint density at radius 3 is 2.52 bits per heavy atom. The molecular formula is C20H23Cl2N3OS. The molecule has 1 aromatic heterocycles. The largest absolute Gasteiger partial charge is 0.308 e. The second-order valence-electron chi connectivity index (χ2n) is 6.66. The van der Waals surface area contributed by atoms with Crippen LogP contribution in [-0.4, -0.2) is 43.0 Å². The summed E-state index contributed by atoms with van der Waals surface area (Å²) >= 11 is 7.77. The van der Waals surface area contributed by atoms with Gasteiger partial charge in [0.05, 0.1) is 9.72 Å². The summed E-state index contributed by atoms with van der Waals surface area (Å²) in [5.41, 5.74) is 3.58. The maximum Gasteiger partial charge on any atom is 0.260 e. The van der Waals surface area contributed by atoms with E-state index in [9.17, 15) is 4.79 Å². The first kappa shape index (κ1) is 21.6. The number of fused-ring (bicyclic) bond motifs is 1. The average Bonchev–Trinajstić information content (AvgIpc) is 3.00. The predicted molar refractivity (Wildman–Crippen MR) is 118 cm³/mol. The highest BCUT2D eigenvalue weighted by atomic mass is 35.5. The molecule has 0 saturated heterocycles. The number of carbonyl (C=O) groups is 1. The van der Waals surface area contributed by atoms with Gasteiger partial charge in [-0.15, -0.1) is 12.4 Å². The summed E-state index contributed by atoms with van der Waals surface area (Å²) in [6.45, 7) is 5.32. The van der Waals surface area contributed by atoms with Gasteiger partial charge in [0.1, 0.15) is 5.52 Å². The molecular weight excluding hydrogens is 401 g/mol. The maximum atomic E-state index is 13.3. The van der Waals surface area contributed by atoms with Crippen LogP contribution in [0.4, 0.5) is 5.13 Å². The fraction of sp³-hybridized carbons (Fsp3) is 0.300. The summed E-state index contributed by atoms with van der Waals surface area (Å²) in [6.07, 6.45) is 0. The van der Waals surface area contributed by atoms with Crippen LogP contribution in [0.3, 0.4) is 0 Å². The average molecular weight is 424 g/mol. The van der Waals surface area contributed by atoms with Crippen molar-refractivity contribution in [1.82, 2.24) is 9.88 Å². The molecule has 4 nitrogen and oxygen atoms in total. The number of hydrogen-bond acceptors (Lipinski definition) is 4. The van der Waals surface area contributed by atoms with Gasteiger partial charge in [0.15, 0.2) is 5.13 Å². The number of para-hydroxylation sites is 1. The van der Waals surface area contributed by atoms with Gasteiger partial charge in [-0.1, -0.05) is 46.7 Å². The Balaban J connectivity index is 0.00000261. The Kier molecular flexibility index (Phi) is 7.23. The van der Waals surface area contributed by atoms with E-state index in [0.717, 1.165) is 27.9 Å². The number of benzene rings is 2. The minimum absolute atomic E-state index is 0. The molecule has 0 aliphatic carbocycles. The van der Waals surface area contributed by atoms with Gasteiger partial charge < -0.3 is 4.90 Å². The number of likely N-dealkylation sites (N-methyl/N-ethyl adjacent to an activating group) is 1. The third-order valence-corrected chi connectivity index (χ3v) is 5.57. The van der Waals surface area contributed by atoms with Gasteiger partial charge in [-0.25, -0.2) is 4.98 Å². The molecule has 0 spiro atoms. The van der Waals surface area contributed by atoms with Crippen molar-refractivity contribution in [3.05, 3.63) is 58.1 Å². The van der Waals surface area contributed by atoms with E-state index < -0.39 is 0 Å². The van der Waals surface area contributed by atoms with Crippen LogP contribution >= 0.6 is 35.3 Å². The molecule has 0 aliphatic heterocycles. The molecule has 0 aliphatic rings. The van der Waals surface area contributed by atoms with Crippen LogP contribution in [0.15, 0.2) is 36.4 Å². The SMILES string of the molecule is Cc1ccc(C(=O)N(CCN(C)C)c2nc3c(Cl)cccc3s2)c(C)c1.Cl. The van der Waals surface area contributed by atoms with Crippen molar-refractivity contribution in [3.8, 4) is 0 Å². The molecule has 1 amide bonds. The molecule has 0 bridgehead atoms. The van der Waals surface area contributed by atoms with Crippen molar-refractivity contribution in [2.45, 2.75) is 13.8 Å². The number of aromatic nitrogens is 1. The van der Waals surface area contributed by atoms with Crippen LogP contribution in [-0.2, 0) is 0 Å². The Hall–Kier alpha value is -1.66. The van der Waals surface area contributed by atoms with Gasteiger partial charge >= 0.3 is 0 Å². The van der Waals surface area contributed by atoms with E-state index in [-0.39, 0.29) is 18.3 Å². The van der Waals surface area contributed by atoms with E-state index in [2.05, 4.69) is 9.88 Å². The zero-order valence-electron chi connectivity index (χ0n) is 15.8. The first-order valence-electron chi connectivity index (χ1n) is 8.45. The summed E-state index contributed by atoms with van der Waals surface area (Å²) in [5.74, 6) is -0.0282. The monoisotopic (exact) mass is 423 g/mol. The van der Waals surface area contributed by atoms with E-state index in [1.54, 1.807) is 4.90 Å². The van der Waals surface area contributed by atoms with Crippen molar-refractivity contribution in [1.29, 1.82) is 0 Å². The molecule has 0 unspecified atom stereocenters. The molecule has 0 N–H and O–H groups in total. The fourth-order valence-corrected chi connectivity index (χ4v) is 4.09. The van der Waals surface area contributed by atoms with Gasteiger partial charge in [0.2, 0.25) is 0 Å². The van der Waals surface area contributed by atoms with E-state index >= 15 is 0 Å². The van der Waals surface area contributed by atoms with Gasteiger partial charge in [-0.3, -0.25) is 9.69 Å². The third kappa shape index (κ3) is 4.79. The summed E-state index contributed by atoms with van der Waals surface area (Å²) in [6, 6.07) is 11.6. The van der Waals surface area contributed by atoms with E-state index in [1.165, 1.54) is 11.3 Å². The van der Waals surface area contributed by atoms with Crippen molar-refractivity contribution in [2.24, 2.45) is 0 Å². The smallest absolute Gasteiger partial charge is 0.260 e. The van der Waals surface area contributed by atoms with Crippen LogP contribution in [0.1, 0.15) is 21.5 Å². The Bertz CT molecular complexity index is 956. The number of amides is 1. The summed E-state index contributed by atoms with van der Waals surface area (Å²) in [7, 11) is 3.99. The zero-order chi connectivity index (χ0) is 18.8. The Morgan fingerprint density at radius 2 is 1.89 bits per heavy atom. The van der Waals surface area contributed by atoms with Crippen molar-refractivity contribution < 1.29 is 4.79 Å². The molecule has 0 fully saturated rings. The summed E-state index contributed by atoms with van der Waals surface area (Å²) < 4.78 is 0.982. The standard InChI is InChI=1S/C20H22ClN3OS.ClH/c1-13-8-9-15(14(2)12-13)19(25)24(11-10-23(3)4)20-22-18-16(21)6-5-7-17(18)26-20;/h5-9,12H,10-11H2,1-4H3;1H. The fourth-order valence-electron chi connectivity index (χ4n) is 2.80. The number of anilines is 1. The first-order chi connectivity index (χ1) is 12.4. The lowest BCUT2D eigenvalue weighted by molar-refractivity contribution is 0.0984. The highest BCUT2D eigenvalue weighted by Crippen LogP contribution is 2.33. The number of halogens is 2. The summed E-state index contributed by atoms with van der Waals surface area (Å²) in [5, 5.41) is 1.29. The second-order valence-corrected chi connectivity index (χ2v) is 8.08. The maximum absolute atomic E-state index is 13.3. The number of rotatable bonds is 5. The topological polar surface area (TPSA) is 36.4 Å². The molecule has 1 heterocycles. The quantitative estimate of drug-likeness (QED) is 0.565. The Labute approximate surface area is 175 Å². The molecule has 144 valence electrons. The zero-order valence-corrected chi connectivity index (χ0v) is 18.2. The minimum atomic E-state index is -0.0282. The summed E-state index contributed by atoms with van der Waals surface area (Å²) in [4.78, 5) is 21.8. The van der Waals surface area contributed by atoms with Gasteiger partial charge in [0, 0.05) is 18.7 Å². The molecule has 2 aromatic carbocycles. The van der Waals surface area contributed by atoms with Crippen molar-refractivity contribution in [2.75, 3.05) is 32.1 Å². The second kappa shape index (κ2) is 9.02. The lowest BCUT2D eigenvalue weighted by Gasteiger charge is -2.23. The molecule has 0 atom stereocenters. The minimum Gasteiger partial charge on any atom is -0.308 e. The predicted octanol–water partition coefficient (Wildman–Crippen LogP) is 5.20. The van der Waals surface area contributed by atoms with Crippen molar-refractivity contribution in [3.63, 3.8) is 0 Å². The third-order valence-electron chi connectivity index (χ3n) is 4.22. The van der Waals surface area contributed by atoms with Crippen LogP contribution in [0.2, 0.25) is 5.02 Å². The van der Waals surface area contributed by atoms with Crippen LogP contribution in [0, 0.1) is 13.8 Å². The van der Waals surface area contributed by atoms with Crippen molar-refractivity contribution >= 4 is 56.6 Å². The number of nitrogens with zero attached hydrogens (tertiary/aromatic N) is 3. The van der Waals surface area contributed by atoms with Gasteiger partial charge in [-0.2, -0.15) is 0 Å². The molecule has 27 heavy (non-hydrogen) atoms. The molecule has 0 saturated carbocycles. The van der Waals surface area contributed by atoms with Gasteiger partial charge in [-0.05, 0) is 51.7 Å². The number of carbonyl (C=O) groups excluding carboxylic acids is 1. The van der Waals surface area contributed by atoms with E-state index in [1.807, 2.05) is 64.3 Å². The van der Waals surface area contributed by atoms with E-state index in [0.29, 0.717) is 22.3 Å². The molecule has 3 rings (SSSR count). The lowest BCUT2D eigenvalue weighted by Crippen LogP contribution is -2.37. The number of thiazole rings is 1. The lowest BCUT2D eigenvalue weighted by atomic mass is 10.0. The normalized spacial score (nSPS) is 10.9. The molecule has 7 heteroatoms. The van der Waals surface area contributed by atoms with Crippen LogP contribution in [0.25, 0.3) is 10.2 Å². The number of aryl methyl sites for hydroxylation is 2. The highest BCUT2D eigenvalue weighted by molar-refractivity contribution is 7.22. The van der Waals surface area contributed by atoms with Crippen LogP contribution in [0.5, 0.6) is 0 Å². The van der Waals surface area contributed by atoms with Gasteiger partial charge in [0.25, 0.3) is 5.91 Å².